The van der Waals surface area contributed by atoms with E-state index >= 15 is 0 Å². The molecule has 0 spiro atoms. The molecule has 1 aliphatic heterocycles. The molecule has 2 aromatic rings. The quantitative estimate of drug-likeness (QED) is 0.767. The Bertz CT molecular complexity index is 648. The van der Waals surface area contributed by atoms with Gasteiger partial charge in [-0.15, -0.1) is 0 Å². The molecular weight excluding hydrogens is 307 g/mol. The number of aromatic nitrogens is 2. The fourth-order valence-corrected chi connectivity index (χ4v) is 2.87. The van der Waals surface area contributed by atoms with Crippen molar-refractivity contribution in [2.45, 2.75) is 24.5 Å². The van der Waals surface area contributed by atoms with Crippen molar-refractivity contribution in [3.8, 4) is 0 Å². The summed E-state index contributed by atoms with van der Waals surface area (Å²) in [6, 6.07) is 5.13. The first kappa shape index (κ1) is 14.1. The molecule has 1 fully saturated rings. The van der Waals surface area contributed by atoms with Gasteiger partial charge in [-0.25, -0.2) is 4.98 Å². The predicted molar refractivity (Wildman–Crippen MR) is 72.8 cm³/mol. The summed E-state index contributed by atoms with van der Waals surface area (Å²) < 4.78 is 6.90. The maximum atomic E-state index is 10.1. The molecule has 0 bridgehead atoms. The molecule has 6 nitrogen and oxygen atoms in total. The maximum Gasteiger partial charge on any atom is 0.206 e. The molecule has 0 radical (unpaired) electrons. The minimum atomic E-state index is -1.22. The maximum absolute atomic E-state index is 10.1. The van der Waals surface area contributed by atoms with Crippen molar-refractivity contribution in [2.24, 2.45) is 0 Å². The Morgan fingerprint density at radius 3 is 2.65 bits per heavy atom. The van der Waals surface area contributed by atoms with Crippen LogP contribution in [0.1, 0.15) is 6.23 Å². The first-order chi connectivity index (χ1) is 9.54. The van der Waals surface area contributed by atoms with Crippen LogP contribution in [0, 0.1) is 0 Å². The van der Waals surface area contributed by atoms with Crippen molar-refractivity contribution in [1.82, 2.24) is 9.55 Å². The highest BCUT2D eigenvalue weighted by Crippen LogP contribution is 2.36. The van der Waals surface area contributed by atoms with E-state index in [1.165, 1.54) is 4.57 Å². The zero-order valence-electron chi connectivity index (χ0n) is 10.1. The van der Waals surface area contributed by atoms with Crippen LogP contribution in [-0.4, -0.2) is 49.8 Å². The molecule has 1 aromatic heterocycles. The van der Waals surface area contributed by atoms with Crippen LogP contribution >= 0.6 is 23.2 Å². The fourth-order valence-electron chi connectivity index (χ4n) is 2.39. The molecule has 1 saturated heterocycles. The lowest BCUT2D eigenvalue weighted by atomic mass is 10.1. The van der Waals surface area contributed by atoms with Crippen molar-refractivity contribution in [2.75, 3.05) is 6.61 Å². The summed E-state index contributed by atoms with van der Waals surface area (Å²) in [5, 5.41) is 29.5. The number of halogens is 2. The summed E-state index contributed by atoms with van der Waals surface area (Å²) in [6.07, 6.45) is -4.22. The van der Waals surface area contributed by atoms with E-state index in [-0.39, 0.29) is 5.28 Å². The second kappa shape index (κ2) is 5.14. The smallest absolute Gasteiger partial charge is 0.206 e. The number of imidazole rings is 1. The Morgan fingerprint density at radius 1 is 1.25 bits per heavy atom. The first-order valence-corrected chi connectivity index (χ1v) is 6.74. The zero-order valence-corrected chi connectivity index (χ0v) is 11.7. The number of benzene rings is 1. The van der Waals surface area contributed by atoms with E-state index in [4.69, 9.17) is 33.0 Å². The largest absolute Gasteiger partial charge is 0.394 e. The van der Waals surface area contributed by atoms with Crippen LogP contribution in [0.3, 0.4) is 0 Å². The number of aliphatic hydroxyl groups is 3. The summed E-state index contributed by atoms with van der Waals surface area (Å²) in [5.41, 5.74) is 1.06. The highest BCUT2D eigenvalue weighted by Gasteiger charge is 2.44. The minimum absolute atomic E-state index is 0.0861. The molecule has 1 unspecified atom stereocenters. The predicted octanol–water partition coefficient (Wildman–Crippen LogP) is 0.955. The molecule has 1 aromatic carbocycles. The fraction of sp³-hybridized carbons (Fsp3) is 0.417. The topological polar surface area (TPSA) is 87.7 Å². The van der Waals surface area contributed by atoms with Gasteiger partial charge in [-0.2, -0.15) is 0 Å². The van der Waals surface area contributed by atoms with Gasteiger partial charge in [-0.1, -0.05) is 17.7 Å². The van der Waals surface area contributed by atoms with Crippen LogP contribution in [0.2, 0.25) is 10.3 Å². The molecule has 3 N–H and O–H groups in total. The Balaban J connectivity index is 2.11. The normalized spacial score (nSPS) is 30.2. The molecule has 0 aliphatic carbocycles. The van der Waals surface area contributed by atoms with Crippen LogP contribution in [0.4, 0.5) is 0 Å². The van der Waals surface area contributed by atoms with Crippen molar-refractivity contribution in [3.05, 3.63) is 28.5 Å². The summed E-state index contributed by atoms with van der Waals surface area (Å²) in [4.78, 5) is 4.13. The van der Waals surface area contributed by atoms with Gasteiger partial charge in [-0.3, -0.25) is 4.57 Å². The standard InChI is InChI=1S/C12H12Cl2N2O4/c13-5-2-1-3-6-8(5)15-12(14)16(6)11-10(19)9(18)7(4-17)20-11/h1-3,7,9-11,17-19H,4H2/t7-,9-,10-,11?/m1/s1. The van der Waals surface area contributed by atoms with Crippen molar-refractivity contribution < 1.29 is 20.1 Å². The van der Waals surface area contributed by atoms with Gasteiger partial charge in [0.1, 0.15) is 23.8 Å². The Kier molecular flexibility index (Phi) is 3.62. The van der Waals surface area contributed by atoms with Crippen molar-refractivity contribution >= 4 is 34.2 Å². The van der Waals surface area contributed by atoms with Crippen molar-refractivity contribution in [3.63, 3.8) is 0 Å². The summed E-state index contributed by atoms with van der Waals surface area (Å²) in [6.45, 7) is -0.403. The third-order valence-electron chi connectivity index (χ3n) is 3.40. The summed E-state index contributed by atoms with van der Waals surface area (Å²) in [5.74, 6) is 0. The number of para-hydroxylation sites is 1. The number of aliphatic hydroxyl groups excluding tert-OH is 3. The number of nitrogens with zero attached hydrogens (tertiary/aromatic N) is 2. The Hall–Kier alpha value is -0.890. The van der Waals surface area contributed by atoms with Gasteiger partial charge in [0.15, 0.2) is 6.23 Å². The van der Waals surface area contributed by atoms with E-state index in [2.05, 4.69) is 4.98 Å². The van der Waals surface area contributed by atoms with Crippen LogP contribution < -0.4 is 0 Å². The number of hydrogen-bond donors (Lipinski definition) is 3. The highest BCUT2D eigenvalue weighted by atomic mass is 35.5. The van der Waals surface area contributed by atoms with Gasteiger partial charge in [0.2, 0.25) is 5.28 Å². The van der Waals surface area contributed by atoms with E-state index in [0.29, 0.717) is 16.1 Å². The average molecular weight is 319 g/mol. The monoisotopic (exact) mass is 318 g/mol. The highest BCUT2D eigenvalue weighted by molar-refractivity contribution is 6.35. The van der Waals surface area contributed by atoms with Gasteiger partial charge in [0.25, 0.3) is 0 Å². The van der Waals surface area contributed by atoms with Crippen LogP contribution in [-0.2, 0) is 4.74 Å². The second-order valence-electron chi connectivity index (χ2n) is 4.59. The number of hydrogen-bond acceptors (Lipinski definition) is 5. The molecule has 20 heavy (non-hydrogen) atoms. The van der Waals surface area contributed by atoms with E-state index < -0.39 is 31.1 Å². The van der Waals surface area contributed by atoms with Gasteiger partial charge in [0, 0.05) is 0 Å². The van der Waals surface area contributed by atoms with Gasteiger partial charge in [0.05, 0.1) is 17.1 Å². The summed E-state index contributed by atoms with van der Waals surface area (Å²) in [7, 11) is 0. The molecule has 3 rings (SSSR count). The molecule has 1 aliphatic rings. The second-order valence-corrected chi connectivity index (χ2v) is 5.33. The average Bonchev–Trinajstić information content (AvgIpc) is 2.90. The van der Waals surface area contributed by atoms with E-state index in [1.54, 1.807) is 18.2 Å². The lowest BCUT2D eigenvalue weighted by Crippen LogP contribution is -2.33. The van der Waals surface area contributed by atoms with Gasteiger partial charge < -0.3 is 20.1 Å². The first-order valence-electron chi connectivity index (χ1n) is 5.99. The third-order valence-corrected chi connectivity index (χ3v) is 3.97. The zero-order chi connectivity index (χ0) is 14.4. The molecular formula is C12H12Cl2N2O4. The van der Waals surface area contributed by atoms with Gasteiger partial charge in [-0.05, 0) is 23.7 Å². The van der Waals surface area contributed by atoms with Crippen LogP contribution in [0.5, 0.6) is 0 Å². The SMILES string of the molecule is OC[C@H]1OC(n2c(Cl)nc3c(Cl)cccc32)[C@H](O)[C@@H]1O. The molecule has 8 heteroatoms. The Labute approximate surface area is 124 Å². The lowest BCUT2D eigenvalue weighted by molar-refractivity contribution is -0.0507. The minimum Gasteiger partial charge on any atom is -0.394 e. The van der Waals surface area contributed by atoms with E-state index in [0.717, 1.165) is 0 Å². The molecule has 2 heterocycles. The number of fused-ring (bicyclic) bond motifs is 1. The van der Waals surface area contributed by atoms with Crippen molar-refractivity contribution in [1.29, 1.82) is 0 Å². The molecule has 0 amide bonds. The van der Waals surface area contributed by atoms with Crippen LogP contribution in [0.15, 0.2) is 18.2 Å². The summed E-state index contributed by atoms with van der Waals surface area (Å²) >= 11 is 12.1. The van der Waals surface area contributed by atoms with Crippen LogP contribution in [0.25, 0.3) is 11.0 Å². The van der Waals surface area contributed by atoms with Gasteiger partial charge >= 0.3 is 0 Å². The molecule has 108 valence electrons. The number of rotatable bonds is 2. The van der Waals surface area contributed by atoms with E-state index in [9.17, 15) is 10.2 Å². The number of ether oxygens (including phenoxy) is 1. The molecule has 0 saturated carbocycles. The Morgan fingerprint density at radius 2 is 2.00 bits per heavy atom. The third kappa shape index (κ3) is 2.00. The molecule has 4 atom stereocenters. The lowest BCUT2D eigenvalue weighted by Gasteiger charge is -2.18. The van der Waals surface area contributed by atoms with E-state index in [1.807, 2.05) is 0 Å².